The number of unbranched alkanes of at least 4 members (excludes halogenated alkanes) is 1. The van der Waals surface area contributed by atoms with E-state index in [1.54, 1.807) is 60.7 Å². The number of rotatable bonds is 7. The fraction of sp³-hybridized carbons (Fsp3) is 0.250. The van der Waals surface area contributed by atoms with E-state index in [-0.39, 0.29) is 12.3 Å². The first-order valence-corrected chi connectivity index (χ1v) is 10.9. The highest BCUT2D eigenvalue weighted by Gasteiger charge is 2.23. The Morgan fingerprint density at radius 2 is 0.955 bits per heavy atom. The van der Waals surface area contributed by atoms with Crippen LogP contribution in [0.25, 0.3) is 0 Å². The molecule has 2 aromatic carbocycles. The molecule has 0 bridgehead atoms. The topological polar surface area (TPSA) is 74.6 Å². The van der Waals surface area contributed by atoms with Crippen molar-refractivity contribution in [2.45, 2.75) is 12.8 Å². The molecule has 0 aliphatic rings. The predicted octanol–water partition coefficient (Wildman–Crippen LogP) is 2.96. The molecule has 0 saturated carbocycles. The minimum absolute atomic E-state index is 0.131. The Kier molecular flexibility index (Phi) is 5.77. The first kappa shape index (κ1) is 17.2. The maximum atomic E-state index is 12.2. The second-order valence-corrected chi connectivity index (χ2v) is 9.96. The van der Waals surface area contributed by atoms with Crippen LogP contribution in [0.5, 0.6) is 0 Å². The third kappa shape index (κ3) is 4.66. The van der Waals surface area contributed by atoms with Crippen molar-refractivity contribution in [2.24, 2.45) is 0 Å². The zero-order chi connectivity index (χ0) is 16.1. The molecule has 0 aliphatic carbocycles. The fourth-order valence-electron chi connectivity index (χ4n) is 2.23. The maximum Gasteiger partial charge on any atom is 0.229 e. The van der Waals surface area contributed by atoms with Gasteiger partial charge in [-0.1, -0.05) is 36.4 Å². The zero-order valence-corrected chi connectivity index (χ0v) is 14.0. The van der Waals surface area contributed by atoms with Crippen molar-refractivity contribution >= 4 is 25.3 Å². The maximum absolute atomic E-state index is 12.2. The zero-order valence-electron chi connectivity index (χ0n) is 12.2. The van der Waals surface area contributed by atoms with E-state index in [1.807, 2.05) is 0 Å². The van der Waals surface area contributed by atoms with Crippen LogP contribution in [0.15, 0.2) is 60.7 Å². The van der Waals surface area contributed by atoms with E-state index in [0.717, 1.165) is 0 Å². The van der Waals surface area contributed by atoms with Crippen LogP contribution < -0.4 is 10.6 Å². The van der Waals surface area contributed by atoms with Crippen molar-refractivity contribution in [3.63, 3.8) is 0 Å². The molecule has 2 atom stereocenters. The summed E-state index contributed by atoms with van der Waals surface area (Å²) >= 11 is 0. The summed E-state index contributed by atoms with van der Waals surface area (Å²) in [5.74, 6) is 0. The third-order valence-electron chi connectivity index (χ3n) is 3.49. The van der Waals surface area contributed by atoms with Crippen molar-refractivity contribution in [2.75, 3.05) is 12.3 Å². The second-order valence-electron chi connectivity index (χ2n) is 5.23. The summed E-state index contributed by atoms with van der Waals surface area (Å²) in [7, 11) is -6.74. The summed E-state index contributed by atoms with van der Waals surface area (Å²) < 4.78 is 24.5. The van der Waals surface area contributed by atoms with Gasteiger partial charge in [0.05, 0.1) is 0 Å². The second kappa shape index (κ2) is 7.39. The predicted molar refractivity (Wildman–Crippen MR) is 90.8 cm³/mol. The van der Waals surface area contributed by atoms with E-state index < -0.39 is 14.7 Å². The van der Waals surface area contributed by atoms with Crippen LogP contribution in [-0.2, 0) is 9.13 Å². The lowest BCUT2D eigenvalue weighted by Crippen LogP contribution is -2.09. The van der Waals surface area contributed by atoms with Gasteiger partial charge in [-0.15, -0.1) is 0 Å². The molecule has 6 heteroatoms. The molecule has 0 fully saturated rings. The smallest absolute Gasteiger partial charge is 0.229 e. The Morgan fingerprint density at radius 3 is 1.27 bits per heavy atom. The van der Waals surface area contributed by atoms with Crippen molar-refractivity contribution < 1.29 is 18.9 Å². The number of hydrogen-bond acceptors (Lipinski definition) is 2. The standard InChI is InChI=1S/C16H20O4P2/c17-21(18,15-9-3-1-4-10-15)13-7-8-14-22(19,20)16-11-5-2-6-12-16/h1-6,9-12H,7-8,13-14H2,(H,17,18)(H,19,20). The summed E-state index contributed by atoms with van der Waals surface area (Å²) in [5.41, 5.74) is 0. The van der Waals surface area contributed by atoms with Crippen LogP contribution in [0, 0.1) is 0 Å². The Labute approximate surface area is 130 Å². The molecule has 0 saturated heterocycles. The normalized spacial score (nSPS) is 16.6. The lowest BCUT2D eigenvalue weighted by molar-refractivity contribution is 0.480. The molecule has 118 valence electrons. The molecule has 0 aromatic heterocycles. The number of hydrogen-bond donors (Lipinski definition) is 2. The molecule has 0 heterocycles. The van der Waals surface area contributed by atoms with E-state index in [9.17, 15) is 18.9 Å². The van der Waals surface area contributed by atoms with Gasteiger partial charge in [-0.2, -0.15) is 0 Å². The van der Waals surface area contributed by atoms with Gasteiger partial charge >= 0.3 is 0 Å². The Hall–Kier alpha value is -1.18. The molecule has 2 unspecified atom stereocenters. The lowest BCUT2D eigenvalue weighted by atomic mass is 10.4. The van der Waals surface area contributed by atoms with Gasteiger partial charge in [-0.3, -0.25) is 9.13 Å². The van der Waals surface area contributed by atoms with Gasteiger partial charge in [0.2, 0.25) is 14.7 Å². The summed E-state index contributed by atoms with van der Waals surface area (Å²) in [4.78, 5) is 20.1. The molecule has 2 N–H and O–H groups in total. The monoisotopic (exact) mass is 338 g/mol. The van der Waals surface area contributed by atoms with Gasteiger partial charge in [-0.05, 0) is 37.1 Å². The van der Waals surface area contributed by atoms with Gasteiger partial charge in [0, 0.05) is 22.9 Å². The molecule has 0 aliphatic heterocycles. The Bertz CT molecular complexity index is 624. The van der Waals surface area contributed by atoms with Crippen molar-refractivity contribution in [3.8, 4) is 0 Å². The Balaban J connectivity index is 1.87. The highest BCUT2D eigenvalue weighted by molar-refractivity contribution is 7.66. The minimum Gasteiger partial charge on any atom is -0.341 e. The first-order valence-electron chi connectivity index (χ1n) is 7.17. The van der Waals surface area contributed by atoms with Gasteiger partial charge in [0.25, 0.3) is 0 Å². The van der Waals surface area contributed by atoms with Crippen LogP contribution >= 0.6 is 14.7 Å². The molecule has 0 radical (unpaired) electrons. The van der Waals surface area contributed by atoms with Gasteiger partial charge in [0.15, 0.2) is 0 Å². The molecule has 4 nitrogen and oxygen atoms in total. The van der Waals surface area contributed by atoms with E-state index in [4.69, 9.17) is 0 Å². The fourth-order valence-corrected chi connectivity index (χ4v) is 5.33. The van der Waals surface area contributed by atoms with E-state index >= 15 is 0 Å². The number of benzene rings is 2. The molecule has 0 spiro atoms. The minimum atomic E-state index is -3.37. The summed E-state index contributed by atoms with van der Waals surface area (Å²) in [6, 6.07) is 17.1. The van der Waals surface area contributed by atoms with Gasteiger partial charge < -0.3 is 9.79 Å². The SMILES string of the molecule is O=P(O)(CCCCP(=O)(O)c1ccccc1)c1ccccc1. The quantitative estimate of drug-likeness (QED) is 0.601. The van der Waals surface area contributed by atoms with Gasteiger partial charge in [0.1, 0.15) is 0 Å². The Morgan fingerprint density at radius 1 is 0.636 bits per heavy atom. The molecular weight excluding hydrogens is 318 g/mol. The first-order chi connectivity index (χ1) is 10.4. The highest BCUT2D eigenvalue weighted by Crippen LogP contribution is 2.43. The molecule has 2 rings (SSSR count). The van der Waals surface area contributed by atoms with E-state index in [0.29, 0.717) is 23.5 Å². The van der Waals surface area contributed by atoms with Crippen molar-refractivity contribution in [1.29, 1.82) is 0 Å². The summed E-state index contributed by atoms with van der Waals surface area (Å²) in [5, 5.41) is 0.871. The third-order valence-corrected chi connectivity index (χ3v) is 7.55. The van der Waals surface area contributed by atoms with Crippen molar-refractivity contribution in [1.82, 2.24) is 0 Å². The van der Waals surface area contributed by atoms with Crippen LogP contribution in [0.1, 0.15) is 12.8 Å². The van der Waals surface area contributed by atoms with Gasteiger partial charge in [-0.25, -0.2) is 0 Å². The van der Waals surface area contributed by atoms with Crippen molar-refractivity contribution in [3.05, 3.63) is 60.7 Å². The van der Waals surface area contributed by atoms with E-state index in [1.165, 1.54) is 0 Å². The highest BCUT2D eigenvalue weighted by atomic mass is 31.2. The van der Waals surface area contributed by atoms with Crippen LogP contribution in [-0.4, -0.2) is 22.1 Å². The largest absolute Gasteiger partial charge is 0.341 e. The molecule has 0 amide bonds. The average Bonchev–Trinajstić information content (AvgIpc) is 2.53. The summed E-state index contributed by atoms with van der Waals surface area (Å²) in [6.07, 6.45) is 1.15. The van der Waals surface area contributed by atoms with Crippen LogP contribution in [0.3, 0.4) is 0 Å². The molecular formula is C16H20O4P2. The molecule has 22 heavy (non-hydrogen) atoms. The van der Waals surface area contributed by atoms with Crippen LogP contribution in [0.4, 0.5) is 0 Å². The van der Waals surface area contributed by atoms with E-state index in [2.05, 4.69) is 0 Å². The lowest BCUT2D eigenvalue weighted by Gasteiger charge is -2.14. The van der Waals surface area contributed by atoms with Crippen LogP contribution in [0.2, 0.25) is 0 Å². The summed E-state index contributed by atoms with van der Waals surface area (Å²) in [6.45, 7) is 0. The molecule has 2 aromatic rings. The average molecular weight is 338 g/mol.